The summed E-state index contributed by atoms with van der Waals surface area (Å²) in [4.78, 5) is 0. The second-order valence-electron chi connectivity index (χ2n) is 4.59. The van der Waals surface area contributed by atoms with Crippen molar-refractivity contribution in [3.63, 3.8) is 0 Å². The molecule has 0 aliphatic heterocycles. The summed E-state index contributed by atoms with van der Waals surface area (Å²) in [5, 5.41) is 0. The van der Waals surface area contributed by atoms with Crippen LogP contribution >= 0.6 is 0 Å². The molecule has 0 aliphatic rings. The van der Waals surface area contributed by atoms with E-state index >= 15 is 0 Å². The minimum absolute atomic E-state index is 0. The molecule has 0 saturated carbocycles. The molecule has 0 spiro atoms. The van der Waals surface area contributed by atoms with Crippen LogP contribution in [0.2, 0.25) is 3.67 Å². The predicted molar refractivity (Wildman–Crippen MR) is 78.6 cm³/mol. The Bertz CT molecular complexity index is 230. The van der Waals surface area contributed by atoms with Gasteiger partial charge in [0, 0.05) is 10.4 Å². The van der Waals surface area contributed by atoms with Crippen molar-refractivity contribution in [1.29, 1.82) is 0 Å². The van der Waals surface area contributed by atoms with Crippen molar-refractivity contribution in [2.45, 2.75) is 74.8 Å². The Morgan fingerprint density at radius 3 is 1.32 bits per heavy atom. The molecule has 0 heterocycles. The van der Waals surface area contributed by atoms with Crippen molar-refractivity contribution in [2.75, 3.05) is 0 Å². The smallest absolute Gasteiger partial charge is 0.759 e. The monoisotopic (exact) mass is 312 g/mol. The topological polar surface area (TPSA) is 80.3 Å². The average Bonchev–Trinajstić information content (AvgIpc) is 2.25. The molecule has 0 unspecified atom stereocenters. The molecule has 0 aromatic rings. The second-order valence-corrected chi connectivity index (χ2v) is 6.41. The van der Waals surface area contributed by atoms with Crippen LogP contribution in [-0.2, 0) is 10.4 Å². The Labute approximate surface area is 152 Å². The SMILES string of the molecule is CCCCCCCCCCC[CH2][Na].O=S(=O)([O-])[O-].[Mg+2]. The van der Waals surface area contributed by atoms with Gasteiger partial charge in [-0.2, -0.15) is 0 Å². The summed E-state index contributed by atoms with van der Waals surface area (Å²) < 4.78 is 35.6. The third kappa shape index (κ3) is 45.1. The molecule has 0 rings (SSSR count). The molecule has 0 N–H and O–H groups in total. The van der Waals surface area contributed by atoms with Crippen molar-refractivity contribution in [3.8, 4) is 0 Å². The summed E-state index contributed by atoms with van der Waals surface area (Å²) in [6.45, 7) is 2.29. The van der Waals surface area contributed by atoms with Crippen molar-refractivity contribution in [3.05, 3.63) is 0 Å². The summed E-state index contributed by atoms with van der Waals surface area (Å²) in [6.07, 6.45) is 14.7. The fourth-order valence-electron chi connectivity index (χ4n) is 1.74. The second kappa shape index (κ2) is 19.6. The normalized spacial score (nSPS) is 10.4. The van der Waals surface area contributed by atoms with Crippen LogP contribution in [0.4, 0.5) is 0 Å². The molecule has 0 radical (unpaired) electrons. The molecule has 7 heteroatoms. The Morgan fingerprint density at radius 1 is 0.789 bits per heavy atom. The quantitative estimate of drug-likeness (QED) is 0.269. The zero-order valence-corrected chi connectivity index (χ0v) is 16.8. The molecule has 0 aliphatic carbocycles. The van der Waals surface area contributed by atoms with Crippen LogP contribution in [0.3, 0.4) is 0 Å². The minimum Gasteiger partial charge on any atom is -0.759 e. The summed E-state index contributed by atoms with van der Waals surface area (Å²) in [5.41, 5.74) is 0. The van der Waals surface area contributed by atoms with Crippen molar-refractivity contribution in [1.82, 2.24) is 0 Å². The van der Waals surface area contributed by atoms with Crippen molar-refractivity contribution < 1.29 is 17.5 Å². The summed E-state index contributed by atoms with van der Waals surface area (Å²) in [7, 11) is -5.17. The molecular weight excluding hydrogens is 287 g/mol. The minimum atomic E-state index is -5.17. The van der Waals surface area contributed by atoms with Crippen LogP contribution in [0.1, 0.15) is 71.1 Å². The number of rotatable bonds is 10. The maximum Gasteiger partial charge on any atom is 2.00 e. The van der Waals surface area contributed by atoms with Gasteiger partial charge in [0.1, 0.15) is 0 Å². The third-order valence-corrected chi connectivity index (χ3v) is 3.41. The zero-order valence-electron chi connectivity index (χ0n) is 12.5. The fourth-order valence-corrected chi connectivity index (χ4v) is 2.24. The first kappa shape index (κ1) is 25.6. The number of hydrogen-bond acceptors (Lipinski definition) is 4. The molecule has 0 aromatic carbocycles. The van der Waals surface area contributed by atoms with Crippen LogP contribution in [0, 0.1) is 0 Å². The van der Waals surface area contributed by atoms with Crippen LogP contribution in [0.5, 0.6) is 0 Å². The largest absolute Gasteiger partial charge is 2.00 e. The van der Waals surface area contributed by atoms with Crippen LogP contribution < -0.4 is 0 Å². The molecule has 0 atom stereocenters. The Hall–Kier alpha value is 1.64. The maximum absolute atomic E-state index is 8.52. The van der Waals surface area contributed by atoms with E-state index < -0.39 is 10.4 Å². The first-order chi connectivity index (χ1) is 8.41. The first-order valence-electron chi connectivity index (χ1n) is 7.08. The molecule has 106 valence electrons. The van der Waals surface area contributed by atoms with Gasteiger partial charge in [-0.1, -0.05) is 0 Å². The number of hydrogen-bond donors (Lipinski definition) is 0. The van der Waals surface area contributed by atoms with Gasteiger partial charge < -0.3 is 9.11 Å². The third-order valence-electron chi connectivity index (χ3n) is 2.71. The summed E-state index contributed by atoms with van der Waals surface area (Å²) >= 11 is 1.41. The zero-order chi connectivity index (χ0) is 14.3. The fraction of sp³-hybridized carbons (Fsp3) is 1.00. The van der Waals surface area contributed by atoms with Gasteiger partial charge in [0.2, 0.25) is 0 Å². The van der Waals surface area contributed by atoms with E-state index in [4.69, 9.17) is 17.5 Å². The van der Waals surface area contributed by atoms with Gasteiger partial charge in [-0.3, -0.25) is 8.42 Å². The van der Waals surface area contributed by atoms with E-state index in [1.54, 1.807) is 0 Å². The van der Waals surface area contributed by atoms with Gasteiger partial charge in [0.15, 0.2) is 0 Å². The van der Waals surface area contributed by atoms with Crippen LogP contribution in [-0.4, -0.2) is 68.5 Å². The van der Waals surface area contributed by atoms with E-state index in [0.717, 1.165) is 0 Å². The van der Waals surface area contributed by atoms with Gasteiger partial charge in [-0.15, -0.1) is 0 Å². The molecule has 0 amide bonds. The number of unbranched alkanes of at least 4 members (excludes halogenated alkanes) is 9. The van der Waals surface area contributed by atoms with Crippen LogP contribution in [0.25, 0.3) is 0 Å². The Morgan fingerprint density at radius 2 is 1.05 bits per heavy atom. The Balaban J connectivity index is -0.000000366. The van der Waals surface area contributed by atoms with Crippen molar-refractivity contribution >= 4 is 61.4 Å². The molecule has 0 fully saturated rings. The van der Waals surface area contributed by atoms with E-state index in [-0.39, 0.29) is 23.1 Å². The van der Waals surface area contributed by atoms with Crippen molar-refractivity contribution in [2.24, 2.45) is 0 Å². The molecule has 0 saturated heterocycles. The van der Waals surface area contributed by atoms with Gasteiger partial charge in [-0.05, 0) is 0 Å². The molecule has 0 aromatic heterocycles. The molecule has 19 heavy (non-hydrogen) atoms. The summed E-state index contributed by atoms with van der Waals surface area (Å²) in [6, 6.07) is 0. The Kier molecular flexibility index (Phi) is 26.4. The van der Waals surface area contributed by atoms with E-state index in [1.807, 2.05) is 0 Å². The first-order valence-corrected chi connectivity index (χ1v) is 9.83. The van der Waals surface area contributed by atoms with E-state index in [9.17, 15) is 0 Å². The summed E-state index contributed by atoms with van der Waals surface area (Å²) in [5.74, 6) is 0. The standard InChI is InChI=1S/C12H25.Mg.Na.H2O4S/c1-3-5-7-9-11-12-10-8-6-4-2;;;1-5(2,3)4/h1,3-12H2,2H3;;;(H2,1,2,3,4)/q;+2;;/p-2. The predicted octanol–water partition coefficient (Wildman–Crippen LogP) is 2.78. The van der Waals surface area contributed by atoms with Gasteiger partial charge >= 0.3 is 126 Å². The molecular formula is C12H25MgNaO4S. The van der Waals surface area contributed by atoms with E-state index in [1.165, 1.54) is 95.8 Å². The maximum atomic E-state index is 8.52. The van der Waals surface area contributed by atoms with Gasteiger partial charge in [-0.25, -0.2) is 0 Å². The van der Waals surface area contributed by atoms with E-state index in [2.05, 4.69) is 6.92 Å². The van der Waals surface area contributed by atoms with Crippen LogP contribution in [0.15, 0.2) is 0 Å². The molecule has 4 nitrogen and oxygen atoms in total. The average molecular weight is 313 g/mol. The molecule has 0 bridgehead atoms. The van der Waals surface area contributed by atoms with Gasteiger partial charge in [0.05, 0.1) is 0 Å². The van der Waals surface area contributed by atoms with Gasteiger partial charge in [0.25, 0.3) is 0 Å². The van der Waals surface area contributed by atoms with E-state index in [0.29, 0.717) is 0 Å².